The van der Waals surface area contributed by atoms with Crippen LogP contribution in [-0.2, 0) is 19.1 Å². The standard InChI is InChI=1S/C18H17NO7/c1-25-17(21)15(18(22)26-2)13-9-8-12(10-14(13)19(23)24)16(20)11-6-4-3-5-7-11/h3-9,12,15H,10H2,1-2H3. The van der Waals surface area contributed by atoms with Gasteiger partial charge >= 0.3 is 11.9 Å². The fourth-order valence-corrected chi connectivity index (χ4v) is 2.74. The van der Waals surface area contributed by atoms with Crippen LogP contribution in [0.1, 0.15) is 16.8 Å². The van der Waals surface area contributed by atoms with Gasteiger partial charge in [0.05, 0.1) is 37.1 Å². The minimum atomic E-state index is -1.57. The topological polar surface area (TPSA) is 113 Å². The molecule has 0 spiro atoms. The summed E-state index contributed by atoms with van der Waals surface area (Å²) in [6.07, 6.45) is 2.47. The summed E-state index contributed by atoms with van der Waals surface area (Å²) >= 11 is 0. The van der Waals surface area contributed by atoms with Crippen LogP contribution in [0, 0.1) is 22.0 Å². The maximum atomic E-state index is 12.5. The van der Waals surface area contributed by atoms with Crippen molar-refractivity contribution in [3.05, 3.63) is 69.4 Å². The minimum Gasteiger partial charge on any atom is -0.468 e. The van der Waals surface area contributed by atoms with E-state index in [-0.39, 0.29) is 23.5 Å². The zero-order valence-electron chi connectivity index (χ0n) is 14.2. The Morgan fingerprint density at radius 1 is 1.12 bits per heavy atom. The lowest BCUT2D eigenvalue weighted by Gasteiger charge is -2.20. The Bertz CT molecular complexity index is 779. The van der Waals surface area contributed by atoms with Gasteiger partial charge in [-0.1, -0.05) is 42.5 Å². The molecule has 1 aliphatic carbocycles. The van der Waals surface area contributed by atoms with E-state index >= 15 is 0 Å². The van der Waals surface area contributed by atoms with Crippen LogP contribution in [0.3, 0.4) is 0 Å². The SMILES string of the molecule is COC(=O)C(C(=O)OC)C1=C([N+](=O)[O-])CC(C(=O)c2ccccc2)C=C1. The van der Waals surface area contributed by atoms with Crippen molar-refractivity contribution in [1.29, 1.82) is 0 Å². The molecule has 0 radical (unpaired) electrons. The van der Waals surface area contributed by atoms with Crippen molar-refractivity contribution in [2.45, 2.75) is 6.42 Å². The Balaban J connectivity index is 2.40. The van der Waals surface area contributed by atoms with Gasteiger partial charge in [-0.2, -0.15) is 0 Å². The van der Waals surface area contributed by atoms with E-state index in [1.54, 1.807) is 30.3 Å². The van der Waals surface area contributed by atoms with Crippen LogP contribution in [0.25, 0.3) is 0 Å². The van der Waals surface area contributed by atoms with Crippen LogP contribution in [0.2, 0.25) is 0 Å². The minimum absolute atomic E-state index is 0.134. The molecule has 1 atom stereocenters. The van der Waals surface area contributed by atoms with Crippen LogP contribution < -0.4 is 0 Å². The molecular weight excluding hydrogens is 342 g/mol. The molecule has 0 aliphatic heterocycles. The molecule has 0 fully saturated rings. The number of nitro groups is 1. The average Bonchev–Trinajstić information content (AvgIpc) is 2.67. The van der Waals surface area contributed by atoms with Crippen molar-refractivity contribution < 1.29 is 28.8 Å². The molecule has 8 nitrogen and oxygen atoms in total. The largest absolute Gasteiger partial charge is 0.468 e. The Morgan fingerprint density at radius 3 is 2.19 bits per heavy atom. The molecule has 1 aromatic carbocycles. The van der Waals surface area contributed by atoms with Crippen LogP contribution in [0.15, 0.2) is 53.8 Å². The molecule has 0 heterocycles. The van der Waals surface area contributed by atoms with Gasteiger partial charge in [0.2, 0.25) is 0 Å². The zero-order valence-corrected chi connectivity index (χ0v) is 14.2. The molecule has 2 rings (SSSR count). The highest BCUT2D eigenvalue weighted by molar-refractivity contribution is 6.01. The van der Waals surface area contributed by atoms with Gasteiger partial charge in [-0.05, 0) is 0 Å². The first-order valence-corrected chi connectivity index (χ1v) is 7.71. The third-order valence-electron chi connectivity index (χ3n) is 4.05. The molecule has 1 unspecified atom stereocenters. The summed E-state index contributed by atoms with van der Waals surface area (Å²) in [6, 6.07) is 8.38. The van der Waals surface area contributed by atoms with Crippen LogP contribution >= 0.6 is 0 Å². The lowest BCUT2D eigenvalue weighted by molar-refractivity contribution is -0.429. The van der Waals surface area contributed by atoms with Crippen LogP contribution in [0.4, 0.5) is 0 Å². The molecular formula is C18H17NO7. The molecule has 0 bridgehead atoms. The van der Waals surface area contributed by atoms with Crippen molar-refractivity contribution in [3.8, 4) is 0 Å². The van der Waals surface area contributed by atoms with E-state index in [0.29, 0.717) is 5.56 Å². The lowest BCUT2D eigenvalue weighted by Crippen LogP contribution is -2.31. The molecule has 136 valence electrons. The Morgan fingerprint density at radius 2 is 1.69 bits per heavy atom. The highest BCUT2D eigenvalue weighted by Crippen LogP contribution is 2.32. The second-order valence-corrected chi connectivity index (χ2v) is 5.54. The number of esters is 2. The quantitative estimate of drug-likeness (QED) is 0.251. The van der Waals surface area contributed by atoms with Gasteiger partial charge in [0, 0.05) is 5.56 Å². The monoisotopic (exact) mass is 359 g/mol. The highest BCUT2D eigenvalue weighted by atomic mass is 16.6. The third kappa shape index (κ3) is 3.85. The van der Waals surface area contributed by atoms with Crippen molar-refractivity contribution >= 4 is 17.7 Å². The van der Waals surface area contributed by atoms with Gasteiger partial charge in [-0.15, -0.1) is 0 Å². The molecule has 1 aromatic rings. The number of Topliss-reactive ketones (excluding diaryl/α,β-unsaturated/α-hetero) is 1. The van der Waals surface area contributed by atoms with E-state index in [9.17, 15) is 24.5 Å². The van der Waals surface area contributed by atoms with E-state index < -0.39 is 28.7 Å². The number of carbonyl (C=O) groups is 3. The average molecular weight is 359 g/mol. The lowest BCUT2D eigenvalue weighted by atomic mass is 9.83. The number of rotatable bonds is 6. The maximum Gasteiger partial charge on any atom is 0.324 e. The zero-order chi connectivity index (χ0) is 19.3. The normalized spacial score (nSPS) is 16.3. The number of nitrogens with zero attached hydrogens (tertiary/aromatic N) is 1. The van der Waals surface area contributed by atoms with Crippen LogP contribution in [0.5, 0.6) is 0 Å². The van der Waals surface area contributed by atoms with Crippen molar-refractivity contribution in [2.24, 2.45) is 11.8 Å². The summed E-state index contributed by atoms with van der Waals surface area (Å²) in [5, 5.41) is 11.5. The molecule has 26 heavy (non-hydrogen) atoms. The van der Waals surface area contributed by atoms with E-state index in [4.69, 9.17) is 0 Å². The van der Waals surface area contributed by atoms with Gasteiger partial charge in [0.1, 0.15) is 0 Å². The number of benzene rings is 1. The summed E-state index contributed by atoms with van der Waals surface area (Å²) in [6.45, 7) is 0. The number of methoxy groups -OCH3 is 2. The molecule has 0 saturated carbocycles. The molecule has 0 aromatic heterocycles. The van der Waals surface area contributed by atoms with E-state index in [2.05, 4.69) is 9.47 Å². The fraction of sp³-hybridized carbons (Fsp3) is 0.278. The van der Waals surface area contributed by atoms with Gasteiger partial charge in [0.25, 0.3) is 5.70 Å². The highest BCUT2D eigenvalue weighted by Gasteiger charge is 2.40. The molecule has 1 aliphatic rings. The maximum absolute atomic E-state index is 12.5. The van der Waals surface area contributed by atoms with Gasteiger partial charge < -0.3 is 9.47 Å². The molecule has 0 saturated heterocycles. The number of hydrogen-bond donors (Lipinski definition) is 0. The summed E-state index contributed by atoms with van der Waals surface area (Å²) in [5.74, 6) is -4.56. The second-order valence-electron chi connectivity index (χ2n) is 5.54. The fourth-order valence-electron chi connectivity index (χ4n) is 2.74. The smallest absolute Gasteiger partial charge is 0.324 e. The van der Waals surface area contributed by atoms with Crippen molar-refractivity contribution in [1.82, 2.24) is 0 Å². The summed E-state index contributed by atoms with van der Waals surface area (Å²) in [7, 11) is 2.14. The van der Waals surface area contributed by atoms with E-state index in [1.807, 2.05) is 0 Å². The summed E-state index contributed by atoms with van der Waals surface area (Å²) in [5.41, 5.74) is -0.0980. The molecule has 8 heteroatoms. The number of carbonyl (C=O) groups excluding carboxylic acids is 3. The Labute approximate surface area is 149 Å². The number of ketones is 1. The third-order valence-corrected chi connectivity index (χ3v) is 4.05. The van der Waals surface area contributed by atoms with Gasteiger partial charge in [0.15, 0.2) is 11.7 Å². The first-order valence-electron chi connectivity index (χ1n) is 7.71. The molecule has 0 N–H and O–H groups in total. The van der Waals surface area contributed by atoms with Gasteiger partial charge in [-0.3, -0.25) is 24.5 Å². The summed E-state index contributed by atoms with van der Waals surface area (Å²) < 4.78 is 9.13. The number of ether oxygens (including phenoxy) is 2. The van der Waals surface area contributed by atoms with Crippen molar-refractivity contribution in [2.75, 3.05) is 14.2 Å². The van der Waals surface area contributed by atoms with E-state index in [1.165, 1.54) is 12.2 Å². The predicted molar refractivity (Wildman–Crippen MR) is 89.6 cm³/mol. The van der Waals surface area contributed by atoms with Crippen molar-refractivity contribution in [3.63, 3.8) is 0 Å². The predicted octanol–water partition coefficient (Wildman–Crippen LogP) is 1.94. The van der Waals surface area contributed by atoms with E-state index in [0.717, 1.165) is 14.2 Å². The molecule has 0 amide bonds. The first kappa shape index (κ1) is 19.0. The first-order chi connectivity index (χ1) is 12.4. The Kier molecular flexibility index (Phi) is 6.00. The summed E-state index contributed by atoms with van der Waals surface area (Å²) in [4.78, 5) is 47.2. The second kappa shape index (κ2) is 8.19. The number of allylic oxidation sites excluding steroid dienone is 3. The Hall–Kier alpha value is -3.29. The number of hydrogen-bond acceptors (Lipinski definition) is 7. The van der Waals surface area contributed by atoms with Gasteiger partial charge in [-0.25, -0.2) is 0 Å². The van der Waals surface area contributed by atoms with Crippen LogP contribution in [-0.4, -0.2) is 36.9 Å².